The van der Waals surface area contributed by atoms with Gasteiger partial charge in [0.25, 0.3) is 0 Å². The molecule has 0 bridgehead atoms. The largest absolute Gasteiger partial charge is 0.354 e. The van der Waals surface area contributed by atoms with Crippen LogP contribution in [0.25, 0.3) is 0 Å². The van der Waals surface area contributed by atoms with E-state index in [4.69, 9.17) is 0 Å². The van der Waals surface area contributed by atoms with Crippen LogP contribution in [0.3, 0.4) is 0 Å². The fourth-order valence-electron chi connectivity index (χ4n) is 1.44. The highest BCUT2D eigenvalue weighted by Gasteiger charge is 2.04. The smallest absolute Gasteiger partial charge is 0.221 e. The van der Waals surface area contributed by atoms with Gasteiger partial charge >= 0.3 is 0 Å². The molecule has 3 nitrogen and oxygen atoms in total. The molecule has 0 fully saturated rings. The normalized spacial score (nSPS) is 12.4. The van der Waals surface area contributed by atoms with E-state index >= 15 is 0 Å². The maximum absolute atomic E-state index is 11.5. The molecule has 2 N–H and O–H groups in total. The van der Waals surface area contributed by atoms with Gasteiger partial charge in [-0.15, -0.1) is 0 Å². The predicted molar refractivity (Wildman–Crippen MR) is 73.4 cm³/mol. The van der Waals surface area contributed by atoms with Crippen molar-refractivity contribution in [1.82, 2.24) is 10.6 Å². The molecule has 0 saturated heterocycles. The number of hydrogen-bond donors (Lipinski definition) is 2. The third-order valence-corrected chi connectivity index (χ3v) is 3.45. The highest BCUT2D eigenvalue weighted by atomic mass is 32.1. The minimum atomic E-state index is 0.141. The van der Waals surface area contributed by atoms with E-state index in [1.54, 1.807) is 11.3 Å². The van der Waals surface area contributed by atoms with E-state index in [9.17, 15) is 4.79 Å². The maximum atomic E-state index is 11.5. The minimum absolute atomic E-state index is 0.141. The highest BCUT2D eigenvalue weighted by Crippen LogP contribution is 2.05. The summed E-state index contributed by atoms with van der Waals surface area (Å²) in [4.78, 5) is 11.5. The summed E-state index contributed by atoms with van der Waals surface area (Å²) >= 11 is 1.73. The summed E-state index contributed by atoms with van der Waals surface area (Å²) in [5.74, 6) is 0.141. The summed E-state index contributed by atoms with van der Waals surface area (Å²) < 4.78 is 0. The lowest BCUT2D eigenvalue weighted by atomic mass is 10.2. The zero-order valence-corrected chi connectivity index (χ0v) is 11.5. The second-order valence-electron chi connectivity index (χ2n) is 4.26. The Morgan fingerprint density at radius 3 is 2.94 bits per heavy atom. The molecule has 0 aromatic carbocycles. The van der Waals surface area contributed by atoms with E-state index in [0.29, 0.717) is 6.42 Å². The lowest BCUT2D eigenvalue weighted by Crippen LogP contribution is -2.34. The summed E-state index contributed by atoms with van der Waals surface area (Å²) in [6, 6.07) is 2.43. The van der Waals surface area contributed by atoms with Gasteiger partial charge in [0.2, 0.25) is 5.91 Å². The van der Waals surface area contributed by atoms with E-state index in [-0.39, 0.29) is 11.9 Å². The second-order valence-corrected chi connectivity index (χ2v) is 5.04. The average Bonchev–Trinajstić information content (AvgIpc) is 2.81. The van der Waals surface area contributed by atoms with Crippen molar-refractivity contribution in [2.75, 3.05) is 13.1 Å². The molecule has 1 heterocycles. The molecule has 1 amide bonds. The van der Waals surface area contributed by atoms with Crippen molar-refractivity contribution < 1.29 is 4.79 Å². The first kappa shape index (κ1) is 14.2. The zero-order valence-electron chi connectivity index (χ0n) is 10.7. The van der Waals surface area contributed by atoms with Gasteiger partial charge in [-0.3, -0.25) is 4.79 Å². The SMILES string of the molecule is CCC(C)NC(=O)CCNCCc1ccsc1. The number of hydrogen-bond acceptors (Lipinski definition) is 3. The van der Waals surface area contributed by atoms with E-state index < -0.39 is 0 Å². The topological polar surface area (TPSA) is 41.1 Å². The molecule has 0 radical (unpaired) electrons. The summed E-state index contributed by atoms with van der Waals surface area (Å²) in [5, 5.41) is 10.5. The van der Waals surface area contributed by atoms with Gasteiger partial charge in [-0.25, -0.2) is 0 Å². The van der Waals surface area contributed by atoms with Gasteiger partial charge in [0.1, 0.15) is 0 Å². The highest BCUT2D eigenvalue weighted by molar-refractivity contribution is 7.07. The molecular formula is C13H22N2OS. The van der Waals surface area contributed by atoms with Crippen molar-refractivity contribution in [3.8, 4) is 0 Å². The maximum Gasteiger partial charge on any atom is 0.221 e. The third kappa shape index (κ3) is 6.44. The minimum Gasteiger partial charge on any atom is -0.354 e. The molecule has 1 unspecified atom stereocenters. The van der Waals surface area contributed by atoms with Gasteiger partial charge < -0.3 is 10.6 Å². The quantitative estimate of drug-likeness (QED) is 0.698. The first-order valence-electron chi connectivity index (χ1n) is 6.23. The Morgan fingerprint density at radius 2 is 2.29 bits per heavy atom. The molecule has 4 heteroatoms. The molecule has 1 rings (SSSR count). The fourth-order valence-corrected chi connectivity index (χ4v) is 2.15. The van der Waals surface area contributed by atoms with Crippen LogP contribution in [0.15, 0.2) is 16.8 Å². The zero-order chi connectivity index (χ0) is 12.5. The molecular weight excluding hydrogens is 232 g/mol. The van der Waals surface area contributed by atoms with Crippen LogP contribution in [-0.4, -0.2) is 25.0 Å². The second kappa shape index (κ2) is 8.25. The molecule has 96 valence electrons. The Hall–Kier alpha value is -0.870. The molecule has 0 aliphatic heterocycles. The third-order valence-electron chi connectivity index (χ3n) is 2.72. The fraction of sp³-hybridized carbons (Fsp3) is 0.615. The molecule has 1 aromatic rings. The van der Waals surface area contributed by atoms with Crippen molar-refractivity contribution in [3.05, 3.63) is 22.4 Å². The average molecular weight is 254 g/mol. The van der Waals surface area contributed by atoms with E-state index in [1.165, 1.54) is 5.56 Å². The standard InChI is InChI=1S/C13H22N2OS/c1-3-11(2)15-13(16)5-8-14-7-4-12-6-9-17-10-12/h6,9-11,14H,3-5,7-8H2,1-2H3,(H,15,16). The molecule has 1 aromatic heterocycles. The van der Waals surface area contributed by atoms with Crippen LogP contribution < -0.4 is 10.6 Å². The number of carbonyl (C=O) groups excluding carboxylic acids is 1. The van der Waals surface area contributed by atoms with E-state index in [2.05, 4.69) is 34.4 Å². The van der Waals surface area contributed by atoms with Crippen LogP contribution >= 0.6 is 11.3 Å². The van der Waals surface area contributed by atoms with Gasteiger partial charge in [-0.05, 0) is 48.7 Å². The number of amides is 1. The van der Waals surface area contributed by atoms with Crippen LogP contribution in [0.2, 0.25) is 0 Å². The Kier molecular flexibility index (Phi) is 6.89. The molecule has 1 atom stereocenters. The van der Waals surface area contributed by atoms with Crippen LogP contribution in [0, 0.1) is 0 Å². The van der Waals surface area contributed by atoms with Crippen LogP contribution in [0.4, 0.5) is 0 Å². The lowest BCUT2D eigenvalue weighted by molar-refractivity contribution is -0.121. The molecule has 0 aliphatic carbocycles. The first-order valence-corrected chi connectivity index (χ1v) is 7.17. The summed E-state index contributed by atoms with van der Waals surface area (Å²) in [5.41, 5.74) is 1.37. The Balaban J connectivity index is 1.98. The Labute approximate surface area is 108 Å². The van der Waals surface area contributed by atoms with Gasteiger partial charge in [-0.2, -0.15) is 11.3 Å². The Bertz CT molecular complexity index is 311. The Morgan fingerprint density at radius 1 is 1.47 bits per heavy atom. The molecule has 0 spiro atoms. The van der Waals surface area contributed by atoms with Crippen LogP contribution in [0.5, 0.6) is 0 Å². The van der Waals surface area contributed by atoms with Crippen molar-refractivity contribution in [2.45, 2.75) is 39.2 Å². The summed E-state index contributed by atoms with van der Waals surface area (Å²) in [6.07, 6.45) is 2.59. The number of carbonyl (C=O) groups is 1. The van der Waals surface area contributed by atoms with Crippen molar-refractivity contribution >= 4 is 17.2 Å². The number of thiophene rings is 1. The van der Waals surface area contributed by atoms with E-state index in [1.807, 2.05) is 6.92 Å². The van der Waals surface area contributed by atoms with Crippen molar-refractivity contribution in [3.63, 3.8) is 0 Å². The van der Waals surface area contributed by atoms with Crippen LogP contribution in [0.1, 0.15) is 32.3 Å². The summed E-state index contributed by atoms with van der Waals surface area (Å²) in [6.45, 7) is 5.80. The number of rotatable bonds is 8. The van der Waals surface area contributed by atoms with Gasteiger partial charge in [0.15, 0.2) is 0 Å². The predicted octanol–water partition coefficient (Wildman–Crippen LogP) is 2.18. The molecule has 0 aliphatic rings. The van der Waals surface area contributed by atoms with Gasteiger partial charge in [0.05, 0.1) is 0 Å². The molecule has 17 heavy (non-hydrogen) atoms. The van der Waals surface area contributed by atoms with Gasteiger partial charge in [0, 0.05) is 19.0 Å². The first-order chi connectivity index (χ1) is 8.22. The monoisotopic (exact) mass is 254 g/mol. The van der Waals surface area contributed by atoms with Crippen LogP contribution in [-0.2, 0) is 11.2 Å². The van der Waals surface area contributed by atoms with E-state index in [0.717, 1.165) is 25.9 Å². The lowest BCUT2D eigenvalue weighted by Gasteiger charge is -2.11. The number of nitrogens with one attached hydrogen (secondary N) is 2. The van der Waals surface area contributed by atoms with Crippen molar-refractivity contribution in [2.24, 2.45) is 0 Å². The molecule has 0 saturated carbocycles. The van der Waals surface area contributed by atoms with Crippen molar-refractivity contribution in [1.29, 1.82) is 0 Å². The van der Waals surface area contributed by atoms with Gasteiger partial charge in [-0.1, -0.05) is 6.92 Å². The summed E-state index contributed by atoms with van der Waals surface area (Å²) in [7, 11) is 0.